The Balaban J connectivity index is 1.81. The van der Waals surface area contributed by atoms with Crippen LogP contribution in [0.2, 0.25) is 0 Å². The van der Waals surface area contributed by atoms with E-state index < -0.39 is 0 Å². The van der Waals surface area contributed by atoms with Gasteiger partial charge in [-0.05, 0) is 31.0 Å². The van der Waals surface area contributed by atoms with Gasteiger partial charge >= 0.3 is 0 Å². The van der Waals surface area contributed by atoms with Gasteiger partial charge in [0.05, 0.1) is 5.69 Å². The minimum absolute atomic E-state index is 0.00241. The van der Waals surface area contributed by atoms with Crippen molar-refractivity contribution in [2.45, 2.75) is 136 Å². The third kappa shape index (κ3) is 15.9. The van der Waals surface area contributed by atoms with E-state index in [1.54, 1.807) is 6.07 Å². The first-order valence-electron chi connectivity index (χ1n) is 13.2. The fraction of sp³-hybridized carbons (Fsp3) is 0.750. The predicted octanol–water partition coefficient (Wildman–Crippen LogP) is 9.07. The lowest BCUT2D eigenvalue weighted by Crippen LogP contribution is -2.11. The van der Waals surface area contributed by atoms with Crippen molar-refractivity contribution in [3.8, 4) is 5.75 Å². The van der Waals surface area contributed by atoms with E-state index >= 15 is 0 Å². The van der Waals surface area contributed by atoms with Crippen molar-refractivity contribution in [2.24, 2.45) is 0 Å². The zero-order chi connectivity index (χ0) is 22.6. The summed E-state index contributed by atoms with van der Waals surface area (Å²) in [6, 6.07) is 5.27. The van der Waals surface area contributed by atoms with Gasteiger partial charge < -0.3 is 10.4 Å². The zero-order valence-electron chi connectivity index (χ0n) is 20.5. The van der Waals surface area contributed by atoms with Gasteiger partial charge in [-0.25, -0.2) is 0 Å². The van der Waals surface area contributed by atoms with Crippen LogP contribution in [0, 0.1) is 6.92 Å². The monoisotopic (exact) mass is 431 g/mol. The van der Waals surface area contributed by atoms with Gasteiger partial charge in [-0.15, -0.1) is 0 Å². The molecule has 1 amide bonds. The van der Waals surface area contributed by atoms with Gasteiger partial charge in [0.1, 0.15) is 5.75 Å². The summed E-state index contributed by atoms with van der Waals surface area (Å²) < 4.78 is 0. The summed E-state index contributed by atoms with van der Waals surface area (Å²) in [6.45, 7) is 4.23. The maximum absolute atomic E-state index is 12.0. The SMILES string of the molecule is CCCCCCCCCCCCCCCCCCCCC(=O)Nc1cc(C)ccc1O. The van der Waals surface area contributed by atoms with E-state index in [-0.39, 0.29) is 11.7 Å². The molecule has 0 aliphatic heterocycles. The lowest BCUT2D eigenvalue weighted by molar-refractivity contribution is -0.116. The van der Waals surface area contributed by atoms with E-state index in [9.17, 15) is 9.90 Å². The van der Waals surface area contributed by atoms with Crippen LogP contribution in [0.5, 0.6) is 5.75 Å². The van der Waals surface area contributed by atoms with Crippen LogP contribution >= 0.6 is 0 Å². The van der Waals surface area contributed by atoms with Crippen molar-refractivity contribution in [3.05, 3.63) is 23.8 Å². The second-order valence-corrected chi connectivity index (χ2v) is 9.33. The van der Waals surface area contributed by atoms with E-state index in [2.05, 4.69) is 12.2 Å². The Morgan fingerprint density at radius 1 is 0.710 bits per heavy atom. The smallest absolute Gasteiger partial charge is 0.224 e. The van der Waals surface area contributed by atoms with Crippen molar-refractivity contribution in [1.82, 2.24) is 0 Å². The Kier molecular flexibility index (Phi) is 17.0. The number of anilines is 1. The highest BCUT2D eigenvalue weighted by molar-refractivity contribution is 5.92. The van der Waals surface area contributed by atoms with Gasteiger partial charge in [0.15, 0.2) is 0 Å². The molecule has 0 aromatic heterocycles. The van der Waals surface area contributed by atoms with Crippen LogP contribution in [-0.2, 0) is 4.79 Å². The van der Waals surface area contributed by atoms with Crippen LogP contribution < -0.4 is 5.32 Å². The Morgan fingerprint density at radius 2 is 1.13 bits per heavy atom. The highest BCUT2D eigenvalue weighted by Crippen LogP contribution is 2.24. The summed E-state index contributed by atoms with van der Waals surface area (Å²) in [5, 5.41) is 12.6. The standard InChI is InChI=1S/C28H49NO2/c1-3-4-5-6-7-8-9-10-11-12-13-14-15-16-17-18-19-20-21-28(31)29-26-24-25(2)22-23-27(26)30/h22-24,30H,3-21H2,1-2H3,(H,29,31). The number of phenolic OH excluding ortho intramolecular Hbond substituents is 1. The number of phenols is 1. The fourth-order valence-electron chi connectivity index (χ4n) is 4.15. The molecule has 1 aromatic rings. The Bertz CT molecular complexity index is 570. The molecular weight excluding hydrogens is 382 g/mol. The van der Waals surface area contributed by atoms with Crippen LogP contribution in [-0.4, -0.2) is 11.0 Å². The van der Waals surface area contributed by atoms with Gasteiger partial charge in [0, 0.05) is 6.42 Å². The molecule has 0 unspecified atom stereocenters. The lowest BCUT2D eigenvalue weighted by atomic mass is 10.0. The fourth-order valence-corrected chi connectivity index (χ4v) is 4.15. The van der Waals surface area contributed by atoms with E-state index in [0.29, 0.717) is 12.1 Å². The van der Waals surface area contributed by atoms with E-state index in [0.717, 1.165) is 18.4 Å². The number of carbonyl (C=O) groups is 1. The van der Waals surface area contributed by atoms with Crippen LogP contribution in [0.4, 0.5) is 5.69 Å². The molecule has 1 rings (SSSR count). The van der Waals surface area contributed by atoms with Crippen molar-refractivity contribution < 1.29 is 9.90 Å². The number of aryl methyl sites for hydroxylation is 1. The largest absolute Gasteiger partial charge is 0.506 e. The molecule has 31 heavy (non-hydrogen) atoms. The maximum atomic E-state index is 12.0. The predicted molar refractivity (Wildman–Crippen MR) is 135 cm³/mol. The number of hydrogen-bond donors (Lipinski definition) is 2. The molecule has 0 atom stereocenters. The molecule has 0 aliphatic rings. The van der Waals surface area contributed by atoms with Crippen molar-refractivity contribution in [2.75, 3.05) is 5.32 Å². The Hall–Kier alpha value is -1.51. The first-order valence-corrected chi connectivity index (χ1v) is 13.2. The number of amides is 1. The highest BCUT2D eigenvalue weighted by Gasteiger charge is 2.06. The zero-order valence-corrected chi connectivity index (χ0v) is 20.5. The first kappa shape index (κ1) is 27.5. The number of hydrogen-bond acceptors (Lipinski definition) is 2. The molecule has 0 fully saturated rings. The van der Waals surface area contributed by atoms with Crippen molar-refractivity contribution >= 4 is 11.6 Å². The van der Waals surface area contributed by atoms with Crippen LogP contribution in [0.25, 0.3) is 0 Å². The lowest BCUT2D eigenvalue weighted by Gasteiger charge is -2.08. The molecule has 0 saturated carbocycles. The van der Waals surface area contributed by atoms with Gasteiger partial charge in [-0.1, -0.05) is 122 Å². The van der Waals surface area contributed by atoms with Crippen molar-refractivity contribution in [3.63, 3.8) is 0 Å². The van der Waals surface area contributed by atoms with Gasteiger partial charge in [-0.3, -0.25) is 4.79 Å². The van der Waals surface area contributed by atoms with Gasteiger partial charge in [0.25, 0.3) is 0 Å². The van der Waals surface area contributed by atoms with Crippen molar-refractivity contribution in [1.29, 1.82) is 0 Å². The third-order valence-electron chi connectivity index (χ3n) is 6.18. The minimum Gasteiger partial charge on any atom is -0.506 e. The van der Waals surface area contributed by atoms with Crippen LogP contribution in [0.15, 0.2) is 18.2 Å². The second kappa shape index (κ2) is 19.2. The first-order chi connectivity index (χ1) is 15.1. The molecule has 0 bridgehead atoms. The maximum Gasteiger partial charge on any atom is 0.224 e. The Labute approximate surface area is 192 Å². The summed E-state index contributed by atoms with van der Waals surface area (Å²) in [5.74, 6) is 0.133. The third-order valence-corrected chi connectivity index (χ3v) is 6.18. The molecule has 1 aromatic carbocycles. The minimum atomic E-state index is -0.00241. The molecule has 3 nitrogen and oxygen atoms in total. The average Bonchev–Trinajstić information content (AvgIpc) is 2.75. The normalized spacial score (nSPS) is 11.0. The second-order valence-electron chi connectivity index (χ2n) is 9.33. The number of unbranched alkanes of at least 4 members (excludes halogenated alkanes) is 17. The Morgan fingerprint density at radius 3 is 1.58 bits per heavy atom. The summed E-state index contributed by atoms with van der Waals surface area (Å²) in [7, 11) is 0. The molecule has 0 aliphatic carbocycles. The molecule has 0 heterocycles. The topological polar surface area (TPSA) is 49.3 Å². The van der Waals surface area contributed by atoms with E-state index in [4.69, 9.17) is 0 Å². The summed E-state index contributed by atoms with van der Waals surface area (Å²) in [4.78, 5) is 12.0. The molecule has 0 radical (unpaired) electrons. The highest BCUT2D eigenvalue weighted by atomic mass is 16.3. The molecule has 2 N–H and O–H groups in total. The average molecular weight is 432 g/mol. The summed E-state index contributed by atoms with van der Waals surface area (Å²) in [6.07, 6.45) is 24.8. The number of aromatic hydroxyl groups is 1. The molecule has 0 spiro atoms. The molecular formula is C28H49NO2. The molecule has 178 valence electrons. The number of benzene rings is 1. The quantitative estimate of drug-likeness (QED) is 0.160. The summed E-state index contributed by atoms with van der Waals surface area (Å²) >= 11 is 0. The van der Waals surface area contributed by atoms with Gasteiger partial charge in [-0.2, -0.15) is 0 Å². The number of nitrogens with one attached hydrogen (secondary N) is 1. The summed E-state index contributed by atoms with van der Waals surface area (Å²) in [5.41, 5.74) is 1.55. The van der Waals surface area contributed by atoms with Crippen LogP contribution in [0.3, 0.4) is 0 Å². The van der Waals surface area contributed by atoms with E-state index in [1.807, 2.05) is 19.1 Å². The van der Waals surface area contributed by atoms with E-state index in [1.165, 1.54) is 103 Å². The number of rotatable bonds is 20. The molecule has 3 heteroatoms. The number of carbonyl (C=O) groups excluding carboxylic acids is 1. The van der Waals surface area contributed by atoms with Crippen LogP contribution in [0.1, 0.15) is 134 Å². The van der Waals surface area contributed by atoms with Gasteiger partial charge in [0.2, 0.25) is 5.91 Å². The molecule has 0 saturated heterocycles.